The first-order valence-electron chi connectivity index (χ1n) is 14.5. The zero-order valence-electron chi connectivity index (χ0n) is 27.8. The number of benzene rings is 2. The maximum atomic E-state index is 12.4. The van der Waals surface area contributed by atoms with Crippen LogP contribution in [0.4, 0.5) is 0 Å². The predicted molar refractivity (Wildman–Crippen MR) is 171 cm³/mol. The van der Waals surface area contributed by atoms with Gasteiger partial charge in [-0.15, -0.1) is 0 Å². The van der Waals surface area contributed by atoms with Crippen LogP contribution in [0.5, 0.6) is 11.5 Å². The summed E-state index contributed by atoms with van der Waals surface area (Å²) in [4.78, 5) is 44.5. The molecule has 0 N–H and O–H groups in total. The first-order chi connectivity index (χ1) is 22.2. The van der Waals surface area contributed by atoms with E-state index < -0.39 is 48.3 Å². The molecule has 0 aliphatic carbocycles. The van der Waals surface area contributed by atoms with Crippen molar-refractivity contribution in [1.82, 2.24) is 0 Å². The third-order valence-corrected chi connectivity index (χ3v) is 5.87. The summed E-state index contributed by atoms with van der Waals surface area (Å²) in [5.41, 5.74) is 0.805. The van der Waals surface area contributed by atoms with Gasteiger partial charge in [-0.3, -0.25) is 0 Å². The maximum Gasteiger partial charge on any atom is 0.338 e. The van der Waals surface area contributed by atoms with E-state index in [9.17, 15) is 19.2 Å². The fourth-order valence-electron chi connectivity index (χ4n) is 3.66. The summed E-state index contributed by atoms with van der Waals surface area (Å²) < 4.78 is 41.0. The zero-order valence-corrected chi connectivity index (χ0v) is 27.8. The van der Waals surface area contributed by atoms with Gasteiger partial charge in [0.1, 0.15) is 23.7 Å². The maximum absolute atomic E-state index is 12.4. The summed E-state index contributed by atoms with van der Waals surface area (Å²) in [5, 5.41) is 0. The van der Waals surface area contributed by atoms with E-state index in [1.807, 2.05) is 27.7 Å². The molecular formula is C34H46O12. The summed E-state index contributed by atoms with van der Waals surface area (Å²) in [6.45, 7) is 14.7. The Labute approximate surface area is 271 Å². The van der Waals surface area contributed by atoms with Crippen LogP contribution in [0, 0.1) is 0 Å². The van der Waals surface area contributed by atoms with E-state index in [1.54, 1.807) is 62.8 Å². The lowest BCUT2D eigenvalue weighted by Gasteiger charge is -2.17. The van der Waals surface area contributed by atoms with E-state index in [1.165, 1.54) is 14.2 Å². The average molecular weight is 647 g/mol. The minimum atomic E-state index is -0.575. The standard InChI is InChI=1S/C22H22O8.2C4H6O2.2C2H6/c1-25-15-7-3-13(4-8-15)21(23)29-17-11-27-20-18(12-28-19(17)20)30-22(24)14-5-9-16(26-2)10-6-14;2*1-3-4(5)6-2;2*1-2/h3-10,17-20H,11-12H2,1-2H3;2*3H,1H2,2H3;2*1-2H3. The van der Waals surface area contributed by atoms with Crippen LogP contribution in [0.2, 0.25) is 0 Å². The molecule has 4 rings (SSSR count). The van der Waals surface area contributed by atoms with Gasteiger partial charge in [-0.05, 0) is 48.5 Å². The van der Waals surface area contributed by atoms with Crippen LogP contribution in [0.1, 0.15) is 48.4 Å². The molecule has 0 aromatic heterocycles. The average Bonchev–Trinajstić information content (AvgIpc) is 3.72. The molecule has 254 valence electrons. The van der Waals surface area contributed by atoms with Crippen LogP contribution in [-0.4, -0.2) is 89.9 Å². The number of rotatable bonds is 8. The molecule has 12 nitrogen and oxygen atoms in total. The molecular weight excluding hydrogens is 600 g/mol. The van der Waals surface area contributed by atoms with E-state index in [4.69, 9.17) is 28.4 Å². The van der Waals surface area contributed by atoms with Gasteiger partial charge < -0.3 is 37.9 Å². The van der Waals surface area contributed by atoms with E-state index in [-0.39, 0.29) is 13.2 Å². The van der Waals surface area contributed by atoms with Gasteiger partial charge in [-0.2, -0.15) is 0 Å². The quantitative estimate of drug-likeness (QED) is 0.217. The molecule has 0 radical (unpaired) electrons. The van der Waals surface area contributed by atoms with Crippen LogP contribution >= 0.6 is 0 Å². The number of ether oxygens (including phenoxy) is 8. The first-order valence-corrected chi connectivity index (χ1v) is 14.5. The molecule has 46 heavy (non-hydrogen) atoms. The highest BCUT2D eigenvalue weighted by Gasteiger charge is 2.51. The van der Waals surface area contributed by atoms with E-state index in [2.05, 4.69) is 22.6 Å². The summed E-state index contributed by atoms with van der Waals surface area (Å²) in [5.74, 6) is -0.443. The number of carbonyl (C=O) groups excluding carboxylic acids is 4. The van der Waals surface area contributed by atoms with E-state index in [0.29, 0.717) is 22.6 Å². The molecule has 2 aromatic rings. The van der Waals surface area contributed by atoms with Gasteiger partial charge in [0.25, 0.3) is 0 Å². The fourth-order valence-corrected chi connectivity index (χ4v) is 3.66. The molecule has 0 spiro atoms. The van der Waals surface area contributed by atoms with Crippen molar-refractivity contribution in [2.24, 2.45) is 0 Å². The molecule has 2 saturated heterocycles. The zero-order chi connectivity index (χ0) is 35.1. The SMILES string of the molecule is C=CC(=O)OC.C=CC(=O)OC.CC.CC.COc1ccc(C(=O)OC2COC3C(OC(=O)c4ccc(OC)cc4)COC23)cc1. The summed E-state index contributed by atoms with van der Waals surface area (Å²) >= 11 is 0. The van der Waals surface area contributed by atoms with Crippen molar-refractivity contribution in [3.05, 3.63) is 85.0 Å². The van der Waals surface area contributed by atoms with Gasteiger partial charge in [0, 0.05) is 12.2 Å². The van der Waals surface area contributed by atoms with Gasteiger partial charge in [0.15, 0.2) is 12.2 Å². The first kappa shape index (κ1) is 41.3. The normalized spacial score (nSPS) is 18.2. The lowest BCUT2D eigenvalue weighted by atomic mass is 10.1. The number of carbonyl (C=O) groups is 4. The Morgan fingerprint density at radius 2 is 0.913 bits per heavy atom. The Morgan fingerprint density at radius 1 is 0.609 bits per heavy atom. The minimum absolute atomic E-state index is 0.174. The molecule has 4 atom stereocenters. The van der Waals surface area contributed by atoms with Gasteiger partial charge in [0.05, 0.1) is 52.8 Å². The number of esters is 4. The second kappa shape index (κ2) is 23.7. The van der Waals surface area contributed by atoms with Crippen LogP contribution in [0.3, 0.4) is 0 Å². The molecule has 2 fully saturated rings. The van der Waals surface area contributed by atoms with Crippen LogP contribution < -0.4 is 9.47 Å². The molecule has 0 bridgehead atoms. The van der Waals surface area contributed by atoms with Gasteiger partial charge in [-0.1, -0.05) is 40.9 Å². The summed E-state index contributed by atoms with van der Waals surface area (Å²) in [6, 6.07) is 13.3. The van der Waals surface area contributed by atoms with Crippen LogP contribution in [0.25, 0.3) is 0 Å². The Kier molecular flexibility index (Phi) is 21.3. The number of fused-ring (bicyclic) bond motifs is 1. The number of hydrogen-bond acceptors (Lipinski definition) is 12. The predicted octanol–water partition coefficient (Wildman–Crippen LogP) is 5.00. The van der Waals surface area contributed by atoms with Crippen LogP contribution in [-0.2, 0) is 38.0 Å². The molecule has 12 heteroatoms. The number of methoxy groups -OCH3 is 4. The molecule has 2 heterocycles. The third kappa shape index (κ3) is 13.5. The highest BCUT2D eigenvalue weighted by atomic mass is 16.7. The third-order valence-electron chi connectivity index (χ3n) is 5.87. The Morgan fingerprint density at radius 3 is 1.13 bits per heavy atom. The molecule has 2 aliphatic rings. The second-order valence-electron chi connectivity index (χ2n) is 8.39. The van der Waals surface area contributed by atoms with Crippen molar-refractivity contribution in [3.8, 4) is 11.5 Å². The molecule has 4 unspecified atom stereocenters. The summed E-state index contributed by atoms with van der Waals surface area (Å²) in [7, 11) is 5.73. The summed E-state index contributed by atoms with van der Waals surface area (Å²) in [6.07, 6.45) is 0.102. The molecule has 2 aromatic carbocycles. The van der Waals surface area contributed by atoms with Crippen molar-refractivity contribution in [2.75, 3.05) is 41.7 Å². The van der Waals surface area contributed by atoms with Crippen molar-refractivity contribution in [1.29, 1.82) is 0 Å². The molecule has 0 amide bonds. The Balaban J connectivity index is 0.00000106. The fraction of sp³-hybridized carbons (Fsp3) is 0.412. The lowest BCUT2D eigenvalue weighted by Crippen LogP contribution is -2.36. The van der Waals surface area contributed by atoms with E-state index in [0.717, 1.165) is 12.2 Å². The highest BCUT2D eigenvalue weighted by molar-refractivity contribution is 5.90. The van der Waals surface area contributed by atoms with E-state index >= 15 is 0 Å². The molecule has 2 aliphatic heterocycles. The highest BCUT2D eigenvalue weighted by Crippen LogP contribution is 2.31. The van der Waals surface area contributed by atoms with Crippen molar-refractivity contribution in [2.45, 2.75) is 52.1 Å². The van der Waals surface area contributed by atoms with Crippen molar-refractivity contribution >= 4 is 23.9 Å². The Hall–Kier alpha value is -4.68. The van der Waals surface area contributed by atoms with Gasteiger partial charge >= 0.3 is 23.9 Å². The lowest BCUT2D eigenvalue weighted by molar-refractivity contribution is -0.135. The minimum Gasteiger partial charge on any atom is -0.497 e. The van der Waals surface area contributed by atoms with Crippen LogP contribution in [0.15, 0.2) is 73.8 Å². The van der Waals surface area contributed by atoms with Crippen molar-refractivity contribution in [3.63, 3.8) is 0 Å². The molecule has 0 saturated carbocycles. The monoisotopic (exact) mass is 646 g/mol. The Bertz CT molecular complexity index is 1110. The van der Waals surface area contributed by atoms with Gasteiger partial charge in [-0.25, -0.2) is 19.2 Å². The second-order valence-corrected chi connectivity index (χ2v) is 8.39. The smallest absolute Gasteiger partial charge is 0.338 e. The van der Waals surface area contributed by atoms with Gasteiger partial charge in [0.2, 0.25) is 0 Å². The number of hydrogen-bond donors (Lipinski definition) is 0. The largest absolute Gasteiger partial charge is 0.497 e. The van der Waals surface area contributed by atoms with Crippen molar-refractivity contribution < 1.29 is 57.1 Å². The topological polar surface area (TPSA) is 142 Å².